The summed E-state index contributed by atoms with van der Waals surface area (Å²) in [6.07, 6.45) is 3.16. The van der Waals surface area contributed by atoms with E-state index in [1.54, 1.807) is 24.3 Å². The van der Waals surface area contributed by atoms with E-state index in [0.29, 0.717) is 25.1 Å². The summed E-state index contributed by atoms with van der Waals surface area (Å²) >= 11 is 0. The maximum absolute atomic E-state index is 12.1. The lowest BCUT2D eigenvalue weighted by molar-refractivity contribution is -0.148. The molecule has 0 bridgehead atoms. The Balaban J connectivity index is 1.79. The van der Waals surface area contributed by atoms with Gasteiger partial charge in [0.05, 0.1) is 0 Å². The summed E-state index contributed by atoms with van der Waals surface area (Å²) < 4.78 is 5.02. The van der Waals surface area contributed by atoms with Gasteiger partial charge in [-0.3, -0.25) is 19.2 Å². The average molecular weight is 360 g/mol. The van der Waals surface area contributed by atoms with Crippen LogP contribution in [0.3, 0.4) is 0 Å². The Morgan fingerprint density at radius 2 is 1.85 bits per heavy atom. The van der Waals surface area contributed by atoms with E-state index in [1.165, 1.54) is 11.8 Å². The highest BCUT2D eigenvalue weighted by atomic mass is 16.5. The minimum atomic E-state index is -0.573. The van der Waals surface area contributed by atoms with Gasteiger partial charge in [0.1, 0.15) is 6.54 Å². The molecule has 0 unspecified atom stereocenters. The van der Waals surface area contributed by atoms with Crippen LogP contribution in [0, 0.1) is 0 Å². The number of rotatable bonds is 7. The zero-order valence-corrected chi connectivity index (χ0v) is 15.0. The quantitative estimate of drug-likeness (QED) is 0.587. The highest BCUT2D eigenvalue weighted by Gasteiger charge is 2.20. The van der Waals surface area contributed by atoms with Crippen LogP contribution in [-0.4, -0.2) is 48.2 Å². The molecule has 1 saturated heterocycles. The van der Waals surface area contributed by atoms with E-state index in [-0.39, 0.29) is 30.7 Å². The second-order valence-electron chi connectivity index (χ2n) is 6.32. The second kappa shape index (κ2) is 9.70. The van der Waals surface area contributed by atoms with Gasteiger partial charge in [0, 0.05) is 32.0 Å². The van der Waals surface area contributed by atoms with Gasteiger partial charge in [0.25, 0.3) is 0 Å². The van der Waals surface area contributed by atoms with Crippen molar-refractivity contribution in [1.29, 1.82) is 0 Å². The molecule has 0 atom stereocenters. The van der Waals surface area contributed by atoms with Crippen LogP contribution in [0.25, 0.3) is 0 Å². The molecule has 1 aliphatic rings. The Bertz CT molecular complexity index is 669. The maximum Gasteiger partial charge on any atom is 0.326 e. The van der Waals surface area contributed by atoms with E-state index in [0.717, 1.165) is 24.8 Å². The third-order valence-electron chi connectivity index (χ3n) is 4.17. The molecule has 0 aliphatic carbocycles. The summed E-state index contributed by atoms with van der Waals surface area (Å²) in [6, 6.07) is 6.74. The molecule has 140 valence electrons. The highest BCUT2D eigenvalue weighted by Crippen LogP contribution is 2.11. The molecule has 7 heteroatoms. The second-order valence-corrected chi connectivity index (χ2v) is 6.32. The third-order valence-corrected chi connectivity index (χ3v) is 4.17. The fourth-order valence-corrected chi connectivity index (χ4v) is 2.67. The molecule has 0 spiro atoms. The number of carbonyl (C=O) groups is 4. The zero-order valence-electron chi connectivity index (χ0n) is 15.0. The predicted molar refractivity (Wildman–Crippen MR) is 94.3 cm³/mol. The first kappa shape index (κ1) is 19.6. The molecule has 1 aromatic rings. The van der Waals surface area contributed by atoms with Crippen molar-refractivity contribution in [1.82, 2.24) is 10.2 Å². The number of ether oxygens (including phenoxy) is 1. The fourth-order valence-electron chi connectivity index (χ4n) is 2.67. The fraction of sp³-hybridized carbons (Fsp3) is 0.474. The van der Waals surface area contributed by atoms with Crippen molar-refractivity contribution < 1.29 is 23.9 Å². The van der Waals surface area contributed by atoms with Crippen LogP contribution in [-0.2, 0) is 25.7 Å². The lowest BCUT2D eigenvalue weighted by atomic mass is 10.1. The number of ketones is 1. The number of Topliss-reactive ketones (excluding diaryl/α,β-unsaturated/α-hetero) is 1. The molecule has 7 nitrogen and oxygen atoms in total. The molecule has 2 rings (SSSR count). The topological polar surface area (TPSA) is 92.8 Å². The van der Waals surface area contributed by atoms with Gasteiger partial charge in [-0.05, 0) is 18.4 Å². The van der Waals surface area contributed by atoms with E-state index < -0.39 is 5.97 Å². The molecule has 1 fully saturated rings. The average Bonchev–Trinajstić information content (AvgIpc) is 2.83. The lowest BCUT2D eigenvalue weighted by Crippen LogP contribution is -2.36. The first-order chi connectivity index (χ1) is 12.5. The summed E-state index contributed by atoms with van der Waals surface area (Å²) in [6.45, 7) is 1.92. The summed E-state index contributed by atoms with van der Waals surface area (Å²) in [7, 11) is 0. The molecule has 2 amide bonds. The zero-order chi connectivity index (χ0) is 18.9. The largest absolute Gasteiger partial charge is 0.456 e. The third kappa shape index (κ3) is 6.31. The van der Waals surface area contributed by atoms with Crippen LogP contribution in [0.4, 0.5) is 0 Å². The summed E-state index contributed by atoms with van der Waals surface area (Å²) in [5, 5.41) is 2.67. The number of hydrogen-bond acceptors (Lipinski definition) is 5. The number of hydrogen-bond donors (Lipinski definition) is 1. The van der Waals surface area contributed by atoms with Gasteiger partial charge < -0.3 is 15.0 Å². The minimum Gasteiger partial charge on any atom is -0.456 e. The molecule has 1 aromatic carbocycles. The van der Waals surface area contributed by atoms with Crippen molar-refractivity contribution in [2.24, 2.45) is 0 Å². The Hall–Kier alpha value is -2.70. The van der Waals surface area contributed by atoms with Crippen LogP contribution >= 0.6 is 0 Å². The van der Waals surface area contributed by atoms with Crippen LogP contribution in [0.5, 0.6) is 0 Å². The molecule has 1 aliphatic heterocycles. The van der Waals surface area contributed by atoms with E-state index in [2.05, 4.69) is 5.32 Å². The van der Waals surface area contributed by atoms with Gasteiger partial charge in [-0.25, -0.2) is 0 Å². The van der Waals surface area contributed by atoms with Crippen LogP contribution in [0.1, 0.15) is 48.5 Å². The minimum absolute atomic E-state index is 0.0412. The van der Waals surface area contributed by atoms with Crippen molar-refractivity contribution in [3.63, 3.8) is 0 Å². The van der Waals surface area contributed by atoms with Gasteiger partial charge in [-0.2, -0.15) is 0 Å². The summed E-state index contributed by atoms with van der Waals surface area (Å²) in [4.78, 5) is 48.3. The number of nitrogens with one attached hydrogen (secondary N) is 1. The Labute approximate surface area is 152 Å². The molecule has 0 aromatic heterocycles. The number of benzene rings is 1. The first-order valence-electron chi connectivity index (χ1n) is 8.75. The van der Waals surface area contributed by atoms with Gasteiger partial charge in [0.15, 0.2) is 12.4 Å². The van der Waals surface area contributed by atoms with Gasteiger partial charge in [0.2, 0.25) is 11.8 Å². The number of likely N-dealkylation sites (tertiary alicyclic amines) is 1. The monoisotopic (exact) mass is 360 g/mol. The molecule has 26 heavy (non-hydrogen) atoms. The number of carbonyl (C=O) groups excluding carboxylic acids is 4. The van der Waals surface area contributed by atoms with Crippen LogP contribution in [0.2, 0.25) is 0 Å². The molecule has 0 radical (unpaired) electrons. The highest BCUT2D eigenvalue weighted by molar-refractivity contribution is 5.98. The Morgan fingerprint density at radius 1 is 1.12 bits per heavy atom. The van der Waals surface area contributed by atoms with Gasteiger partial charge >= 0.3 is 5.97 Å². The maximum atomic E-state index is 12.1. The first-order valence-corrected chi connectivity index (χ1v) is 8.75. The van der Waals surface area contributed by atoms with E-state index in [1.807, 2.05) is 0 Å². The van der Waals surface area contributed by atoms with Crippen LogP contribution in [0.15, 0.2) is 24.3 Å². The number of amides is 2. The standard InChI is InChI=1S/C19H24N2O5/c1-14(22)20-11-15-6-8-16(9-7-15)17(23)13-26-19(25)12-21-10-4-2-3-5-18(21)24/h6-9H,2-5,10-13H2,1H3,(H,20,22). The van der Waals surface area contributed by atoms with Crippen LogP contribution < -0.4 is 5.32 Å². The lowest BCUT2D eigenvalue weighted by Gasteiger charge is -2.19. The number of esters is 1. The van der Waals surface area contributed by atoms with Crippen molar-refractivity contribution in [3.8, 4) is 0 Å². The van der Waals surface area contributed by atoms with E-state index in [9.17, 15) is 19.2 Å². The predicted octanol–water partition coefficient (Wildman–Crippen LogP) is 1.45. The molecular weight excluding hydrogens is 336 g/mol. The SMILES string of the molecule is CC(=O)NCc1ccc(C(=O)COC(=O)CN2CCCCCC2=O)cc1. The van der Waals surface area contributed by atoms with E-state index >= 15 is 0 Å². The smallest absolute Gasteiger partial charge is 0.326 e. The molecular formula is C19H24N2O5. The Morgan fingerprint density at radius 3 is 2.54 bits per heavy atom. The van der Waals surface area contributed by atoms with Crippen molar-refractivity contribution in [2.75, 3.05) is 19.7 Å². The number of nitrogens with zero attached hydrogens (tertiary/aromatic N) is 1. The normalized spacial score (nSPS) is 14.5. The summed E-state index contributed by atoms with van der Waals surface area (Å²) in [5.74, 6) is -1.05. The van der Waals surface area contributed by atoms with Crippen molar-refractivity contribution in [2.45, 2.75) is 39.2 Å². The summed E-state index contributed by atoms with van der Waals surface area (Å²) in [5.41, 5.74) is 1.30. The molecule has 1 N–H and O–H groups in total. The van der Waals surface area contributed by atoms with Crippen molar-refractivity contribution in [3.05, 3.63) is 35.4 Å². The van der Waals surface area contributed by atoms with Gasteiger partial charge in [-0.1, -0.05) is 30.7 Å². The Kier molecular flexibility index (Phi) is 7.32. The van der Waals surface area contributed by atoms with E-state index in [4.69, 9.17) is 4.74 Å². The molecule has 1 heterocycles. The molecule has 0 saturated carbocycles. The van der Waals surface area contributed by atoms with Gasteiger partial charge in [-0.15, -0.1) is 0 Å². The van der Waals surface area contributed by atoms with Crippen molar-refractivity contribution >= 4 is 23.6 Å².